The lowest BCUT2D eigenvalue weighted by atomic mass is 10.2. The maximum Gasteiger partial charge on any atom is 0.244 e. The highest BCUT2D eigenvalue weighted by molar-refractivity contribution is 8.24. The summed E-state index contributed by atoms with van der Waals surface area (Å²) in [5.74, 6) is 1.25. The fourth-order valence-corrected chi connectivity index (χ4v) is 2.85. The molecule has 0 aliphatic carbocycles. The average Bonchev–Trinajstić information content (AvgIpc) is 2.82. The Hall–Kier alpha value is -1.33. The molecule has 0 spiro atoms. The Kier molecular flexibility index (Phi) is 2.22. The predicted octanol–water partition coefficient (Wildman–Crippen LogP) is 2.53. The van der Waals surface area contributed by atoms with Crippen molar-refractivity contribution in [2.75, 3.05) is 10.7 Å². The molecule has 0 radical (unpaired) electrons. The summed E-state index contributed by atoms with van der Waals surface area (Å²) in [6.07, 6.45) is 0. The van der Waals surface area contributed by atoms with Crippen LogP contribution in [0.5, 0.6) is 0 Å². The number of thioether (sulfide) groups is 1. The van der Waals surface area contributed by atoms with Crippen LogP contribution in [-0.4, -0.2) is 21.0 Å². The number of carbonyl (C=O) groups excluding carboxylic acids is 1. The van der Waals surface area contributed by atoms with E-state index in [0.717, 1.165) is 16.7 Å². The number of nitrogens with zero attached hydrogens (tertiary/aromatic N) is 1. The van der Waals surface area contributed by atoms with Crippen molar-refractivity contribution >= 4 is 50.9 Å². The largest absolute Gasteiger partial charge is 0.341 e. The first-order valence-corrected chi connectivity index (χ1v) is 6.22. The van der Waals surface area contributed by atoms with Gasteiger partial charge in [0.05, 0.1) is 5.75 Å². The number of thiocarbonyl (C=S) groups is 1. The third kappa shape index (κ3) is 1.44. The maximum absolute atomic E-state index is 11.7. The molecule has 2 aromatic rings. The zero-order valence-electron chi connectivity index (χ0n) is 8.27. The Bertz CT molecular complexity index is 541. The van der Waals surface area contributed by atoms with Crippen molar-refractivity contribution < 1.29 is 4.79 Å². The number of rotatable bonds is 1. The summed E-state index contributed by atoms with van der Waals surface area (Å²) in [5, 5.41) is 1.09. The standard InChI is InChI=1S/C11H8N2OS2/c14-10-6-16-11(15)13(10)9-5-7-3-1-2-4-8(7)12-9/h1-5,12H,6H2. The molecule has 1 amide bonds. The van der Waals surface area contributed by atoms with E-state index in [1.54, 1.807) is 4.90 Å². The SMILES string of the molecule is O=C1CSC(=S)N1c1cc2ccccc2[nH]1. The molecule has 3 nitrogen and oxygen atoms in total. The molecule has 2 heterocycles. The molecule has 0 atom stereocenters. The van der Waals surface area contributed by atoms with Crippen LogP contribution in [0.4, 0.5) is 5.82 Å². The maximum atomic E-state index is 11.7. The first kappa shape index (κ1) is 9.86. The van der Waals surface area contributed by atoms with E-state index in [4.69, 9.17) is 12.2 Å². The lowest BCUT2D eigenvalue weighted by Crippen LogP contribution is -2.28. The summed E-state index contributed by atoms with van der Waals surface area (Å²) in [4.78, 5) is 16.4. The van der Waals surface area contributed by atoms with E-state index in [-0.39, 0.29) is 5.91 Å². The summed E-state index contributed by atoms with van der Waals surface area (Å²) >= 11 is 6.56. The Morgan fingerprint density at radius 1 is 1.38 bits per heavy atom. The number of fused-ring (bicyclic) bond motifs is 1. The van der Waals surface area contributed by atoms with Gasteiger partial charge in [-0.05, 0) is 12.1 Å². The van der Waals surface area contributed by atoms with Gasteiger partial charge < -0.3 is 4.98 Å². The zero-order valence-corrected chi connectivity index (χ0v) is 9.90. The molecule has 1 aromatic carbocycles. The van der Waals surface area contributed by atoms with Gasteiger partial charge in [-0.1, -0.05) is 42.2 Å². The fraction of sp³-hybridized carbons (Fsp3) is 0.0909. The minimum absolute atomic E-state index is 0.0431. The molecule has 0 unspecified atom stereocenters. The van der Waals surface area contributed by atoms with Gasteiger partial charge in [0.1, 0.15) is 10.1 Å². The van der Waals surface area contributed by atoms with Crippen molar-refractivity contribution in [3.05, 3.63) is 30.3 Å². The molecule has 1 fully saturated rings. The van der Waals surface area contributed by atoms with Crippen molar-refractivity contribution in [3.63, 3.8) is 0 Å². The van der Waals surface area contributed by atoms with Crippen LogP contribution in [0.3, 0.4) is 0 Å². The van der Waals surface area contributed by atoms with E-state index in [9.17, 15) is 4.79 Å². The van der Waals surface area contributed by atoms with Gasteiger partial charge in [-0.3, -0.25) is 4.79 Å². The molecule has 5 heteroatoms. The Morgan fingerprint density at radius 2 is 2.19 bits per heavy atom. The van der Waals surface area contributed by atoms with E-state index in [1.807, 2.05) is 30.3 Å². The van der Waals surface area contributed by atoms with Crippen LogP contribution in [0.25, 0.3) is 10.9 Å². The normalized spacial score (nSPS) is 16.4. The van der Waals surface area contributed by atoms with E-state index >= 15 is 0 Å². The number of para-hydroxylation sites is 1. The quantitative estimate of drug-likeness (QED) is 0.788. The lowest BCUT2D eigenvalue weighted by Gasteiger charge is -2.11. The topological polar surface area (TPSA) is 36.1 Å². The third-order valence-electron chi connectivity index (χ3n) is 2.51. The monoisotopic (exact) mass is 248 g/mol. The Balaban J connectivity index is 2.12. The lowest BCUT2D eigenvalue weighted by molar-refractivity contribution is -0.115. The second-order valence-corrected chi connectivity index (χ2v) is 5.13. The zero-order chi connectivity index (χ0) is 11.1. The summed E-state index contributed by atoms with van der Waals surface area (Å²) in [6.45, 7) is 0. The average molecular weight is 248 g/mol. The molecule has 80 valence electrons. The van der Waals surface area contributed by atoms with E-state index < -0.39 is 0 Å². The predicted molar refractivity (Wildman–Crippen MR) is 70.8 cm³/mol. The van der Waals surface area contributed by atoms with E-state index in [1.165, 1.54) is 11.8 Å². The minimum Gasteiger partial charge on any atom is -0.341 e. The summed E-state index contributed by atoms with van der Waals surface area (Å²) in [6, 6.07) is 9.87. The number of hydrogen-bond donors (Lipinski definition) is 1. The van der Waals surface area contributed by atoms with E-state index in [2.05, 4.69) is 4.98 Å². The number of nitrogens with one attached hydrogen (secondary N) is 1. The second kappa shape index (κ2) is 3.61. The van der Waals surface area contributed by atoms with Crippen molar-refractivity contribution in [2.24, 2.45) is 0 Å². The van der Waals surface area contributed by atoms with Crippen molar-refractivity contribution in [1.29, 1.82) is 0 Å². The Morgan fingerprint density at radius 3 is 2.88 bits per heavy atom. The molecular weight excluding hydrogens is 240 g/mol. The minimum atomic E-state index is 0.0431. The van der Waals surface area contributed by atoms with E-state index in [0.29, 0.717) is 10.1 Å². The smallest absolute Gasteiger partial charge is 0.244 e. The number of hydrogen-bond acceptors (Lipinski definition) is 3. The first-order chi connectivity index (χ1) is 7.75. The van der Waals surface area contributed by atoms with Gasteiger partial charge in [0.25, 0.3) is 0 Å². The highest BCUT2D eigenvalue weighted by Crippen LogP contribution is 2.28. The van der Waals surface area contributed by atoms with Gasteiger partial charge in [-0.2, -0.15) is 0 Å². The number of anilines is 1. The number of amides is 1. The van der Waals surface area contributed by atoms with Gasteiger partial charge in [-0.15, -0.1) is 0 Å². The number of benzene rings is 1. The highest BCUT2D eigenvalue weighted by Gasteiger charge is 2.29. The summed E-state index contributed by atoms with van der Waals surface area (Å²) in [7, 11) is 0. The molecule has 1 N–H and O–H groups in total. The third-order valence-corrected chi connectivity index (χ3v) is 3.86. The number of aromatic amines is 1. The number of H-pyrrole nitrogens is 1. The van der Waals surface area contributed by atoms with Crippen LogP contribution in [0.15, 0.2) is 30.3 Å². The van der Waals surface area contributed by atoms with Crippen LogP contribution in [0.2, 0.25) is 0 Å². The van der Waals surface area contributed by atoms with Gasteiger partial charge >= 0.3 is 0 Å². The molecule has 0 bridgehead atoms. The Labute approximate surface area is 102 Å². The summed E-state index contributed by atoms with van der Waals surface area (Å²) in [5.41, 5.74) is 1.02. The highest BCUT2D eigenvalue weighted by atomic mass is 32.2. The summed E-state index contributed by atoms with van der Waals surface area (Å²) < 4.78 is 0.622. The first-order valence-electron chi connectivity index (χ1n) is 4.83. The fourth-order valence-electron chi connectivity index (χ4n) is 1.77. The van der Waals surface area contributed by atoms with Gasteiger partial charge in [0.2, 0.25) is 5.91 Å². The van der Waals surface area contributed by atoms with Crippen LogP contribution < -0.4 is 4.90 Å². The molecular formula is C11H8N2OS2. The molecule has 3 rings (SSSR count). The van der Waals surface area contributed by atoms with Crippen LogP contribution in [0.1, 0.15) is 0 Å². The molecule has 16 heavy (non-hydrogen) atoms. The van der Waals surface area contributed by atoms with Crippen LogP contribution >= 0.6 is 24.0 Å². The molecule has 1 aliphatic rings. The second-order valence-electron chi connectivity index (χ2n) is 3.53. The molecule has 0 saturated carbocycles. The number of aromatic nitrogens is 1. The number of carbonyl (C=O) groups is 1. The molecule has 1 saturated heterocycles. The van der Waals surface area contributed by atoms with Gasteiger partial charge in [0, 0.05) is 10.9 Å². The molecule has 1 aliphatic heterocycles. The van der Waals surface area contributed by atoms with Crippen LogP contribution in [-0.2, 0) is 4.79 Å². The molecule has 1 aromatic heterocycles. The van der Waals surface area contributed by atoms with Crippen molar-refractivity contribution in [1.82, 2.24) is 4.98 Å². The van der Waals surface area contributed by atoms with Crippen molar-refractivity contribution in [3.8, 4) is 0 Å². The van der Waals surface area contributed by atoms with Gasteiger partial charge in [-0.25, -0.2) is 4.90 Å². The van der Waals surface area contributed by atoms with Crippen molar-refractivity contribution in [2.45, 2.75) is 0 Å². The van der Waals surface area contributed by atoms with Gasteiger partial charge in [0.15, 0.2) is 0 Å². The van der Waals surface area contributed by atoms with Crippen LogP contribution in [0, 0.1) is 0 Å².